The molecule has 0 bridgehead atoms. The summed E-state index contributed by atoms with van der Waals surface area (Å²) in [6, 6.07) is 10.4. The highest BCUT2D eigenvalue weighted by molar-refractivity contribution is 5.96. The molecule has 0 fully saturated rings. The van der Waals surface area contributed by atoms with Crippen molar-refractivity contribution in [2.45, 2.75) is 13.8 Å². The van der Waals surface area contributed by atoms with Crippen molar-refractivity contribution in [3.63, 3.8) is 0 Å². The SMILES string of the molecule is Cc1cccc(C)c1NC(=O)CN(C)C(=O)COC(=O)c1ccc2c(c1)OCCO2. The van der Waals surface area contributed by atoms with E-state index in [1.54, 1.807) is 12.1 Å². The molecule has 2 aromatic carbocycles. The standard InChI is InChI=1S/C22H24N2O6/c1-14-5-4-6-15(2)21(14)23-19(25)12-24(3)20(26)13-30-22(27)16-7-8-17-18(11-16)29-10-9-28-17/h4-8,11H,9-10,12-13H2,1-3H3,(H,23,25). The predicted molar refractivity (Wildman–Crippen MR) is 110 cm³/mol. The Labute approximate surface area is 174 Å². The molecule has 8 nitrogen and oxygen atoms in total. The number of carbonyl (C=O) groups is 3. The molecule has 0 saturated heterocycles. The van der Waals surface area contributed by atoms with Crippen molar-refractivity contribution in [3.05, 3.63) is 53.1 Å². The summed E-state index contributed by atoms with van der Waals surface area (Å²) in [6.45, 7) is 4.02. The number of likely N-dealkylation sites (N-methyl/N-ethyl adjacent to an activating group) is 1. The van der Waals surface area contributed by atoms with Crippen LogP contribution < -0.4 is 14.8 Å². The van der Waals surface area contributed by atoms with Crippen molar-refractivity contribution in [1.82, 2.24) is 4.90 Å². The number of nitrogens with one attached hydrogen (secondary N) is 1. The molecule has 0 aliphatic carbocycles. The summed E-state index contributed by atoms with van der Waals surface area (Å²) in [5.74, 6) is -0.460. The van der Waals surface area contributed by atoms with Crippen molar-refractivity contribution in [2.24, 2.45) is 0 Å². The number of amides is 2. The number of hydrogen-bond donors (Lipinski definition) is 1. The number of rotatable bonds is 6. The normalized spacial score (nSPS) is 12.1. The summed E-state index contributed by atoms with van der Waals surface area (Å²) >= 11 is 0. The first kappa shape index (κ1) is 21.2. The minimum absolute atomic E-state index is 0.159. The van der Waals surface area contributed by atoms with Crippen LogP contribution in [0.15, 0.2) is 36.4 Å². The lowest BCUT2D eigenvalue weighted by molar-refractivity contribution is -0.136. The number of carbonyl (C=O) groups excluding carboxylic acids is 3. The van der Waals surface area contributed by atoms with Gasteiger partial charge in [0.1, 0.15) is 13.2 Å². The molecule has 2 amide bonds. The topological polar surface area (TPSA) is 94.2 Å². The van der Waals surface area contributed by atoms with E-state index in [9.17, 15) is 14.4 Å². The Bertz CT molecular complexity index is 952. The van der Waals surface area contributed by atoms with E-state index >= 15 is 0 Å². The van der Waals surface area contributed by atoms with Gasteiger partial charge in [-0.25, -0.2) is 4.79 Å². The van der Waals surface area contributed by atoms with Crippen LogP contribution in [0.3, 0.4) is 0 Å². The van der Waals surface area contributed by atoms with Crippen LogP contribution >= 0.6 is 0 Å². The van der Waals surface area contributed by atoms with E-state index in [-0.39, 0.29) is 18.0 Å². The molecule has 3 rings (SSSR count). The molecule has 30 heavy (non-hydrogen) atoms. The second kappa shape index (κ2) is 9.30. The number of aryl methyl sites for hydroxylation is 2. The zero-order chi connectivity index (χ0) is 21.7. The first-order valence-corrected chi connectivity index (χ1v) is 9.52. The van der Waals surface area contributed by atoms with Crippen LogP contribution in [0, 0.1) is 13.8 Å². The van der Waals surface area contributed by atoms with Crippen LogP contribution in [0.2, 0.25) is 0 Å². The number of benzene rings is 2. The van der Waals surface area contributed by atoms with E-state index in [0.717, 1.165) is 16.8 Å². The number of hydrogen-bond acceptors (Lipinski definition) is 6. The third-order valence-corrected chi connectivity index (χ3v) is 4.66. The van der Waals surface area contributed by atoms with Crippen LogP contribution in [0.4, 0.5) is 5.69 Å². The van der Waals surface area contributed by atoms with Crippen molar-refractivity contribution in [1.29, 1.82) is 0 Å². The van der Waals surface area contributed by atoms with Gasteiger partial charge in [-0.05, 0) is 43.2 Å². The second-order valence-corrected chi connectivity index (χ2v) is 7.00. The van der Waals surface area contributed by atoms with E-state index in [1.807, 2.05) is 32.0 Å². The second-order valence-electron chi connectivity index (χ2n) is 7.00. The van der Waals surface area contributed by atoms with Crippen LogP contribution in [0.1, 0.15) is 21.5 Å². The van der Waals surface area contributed by atoms with Gasteiger partial charge in [-0.1, -0.05) is 18.2 Å². The van der Waals surface area contributed by atoms with Crippen LogP contribution in [-0.2, 0) is 14.3 Å². The van der Waals surface area contributed by atoms with Crippen LogP contribution in [-0.4, -0.2) is 56.1 Å². The number of nitrogens with zero attached hydrogens (tertiary/aromatic N) is 1. The molecule has 1 aliphatic rings. The van der Waals surface area contributed by atoms with E-state index in [1.165, 1.54) is 18.0 Å². The number of esters is 1. The van der Waals surface area contributed by atoms with Crippen molar-refractivity contribution >= 4 is 23.5 Å². The Balaban J connectivity index is 1.50. The zero-order valence-corrected chi connectivity index (χ0v) is 17.2. The number of fused-ring (bicyclic) bond motifs is 1. The molecule has 0 saturated carbocycles. The van der Waals surface area contributed by atoms with Gasteiger partial charge in [0.25, 0.3) is 5.91 Å². The maximum atomic E-state index is 12.3. The van der Waals surface area contributed by atoms with E-state index < -0.39 is 18.5 Å². The van der Waals surface area contributed by atoms with Gasteiger partial charge in [0.15, 0.2) is 18.1 Å². The summed E-state index contributed by atoms with van der Waals surface area (Å²) < 4.78 is 15.9. The van der Waals surface area contributed by atoms with Gasteiger partial charge in [-0.2, -0.15) is 0 Å². The lowest BCUT2D eigenvalue weighted by Gasteiger charge is -2.19. The van der Waals surface area contributed by atoms with Crippen LogP contribution in [0.5, 0.6) is 11.5 Å². The van der Waals surface area contributed by atoms with Gasteiger partial charge < -0.3 is 24.4 Å². The summed E-state index contributed by atoms with van der Waals surface area (Å²) in [5, 5.41) is 2.82. The fourth-order valence-electron chi connectivity index (χ4n) is 2.99. The monoisotopic (exact) mass is 412 g/mol. The molecule has 8 heteroatoms. The summed E-state index contributed by atoms with van der Waals surface area (Å²) in [7, 11) is 1.48. The smallest absolute Gasteiger partial charge is 0.338 e. The quantitative estimate of drug-likeness (QED) is 0.732. The average molecular weight is 412 g/mol. The lowest BCUT2D eigenvalue weighted by Crippen LogP contribution is -2.37. The molecule has 0 atom stereocenters. The van der Waals surface area contributed by atoms with E-state index in [2.05, 4.69) is 5.32 Å². The number of para-hydroxylation sites is 1. The van der Waals surface area contributed by atoms with Gasteiger partial charge >= 0.3 is 5.97 Å². The highest BCUT2D eigenvalue weighted by atomic mass is 16.6. The highest BCUT2D eigenvalue weighted by Crippen LogP contribution is 2.30. The predicted octanol–water partition coefficient (Wildman–Crippen LogP) is 2.33. The molecular formula is C22H24N2O6. The average Bonchev–Trinajstić information content (AvgIpc) is 2.74. The molecule has 158 valence electrons. The Hall–Kier alpha value is -3.55. The molecule has 0 unspecified atom stereocenters. The third-order valence-electron chi connectivity index (χ3n) is 4.66. The minimum atomic E-state index is -0.659. The Kier molecular flexibility index (Phi) is 6.56. The largest absolute Gasteiger partial charge is 0.486 e. The van der Waals surface area contributed by atoms with Crippen molar-refractivity contribution in [2.75, 3.05) is 38.7 Å². The molecule has 1 aliphatic heterocycles. The Morgan fingerprint density at radius 2 is 1.70 bits per heavy atom. The summed E-state index contributed by atoms with van der Waals surface area (Å²) in [4.78, 5) is 38.0. The number of ether oxygens (including phenoxy) is 3. The van der Waals surface area contributed by atoms with Gasteiger partial charge in [0.2, 0.25) is 5.91 Å². The van der Waals surface area contributed by atoms with Crippen LogP contribution in [0.25, 0.3) is 0 Å². The molecule has 0 aromatic heterocycles. The van der Waals surface area contributed by atoms with Crippen molar-refractivity contribution < 1.29 is 28.6 Å². The molecule has 1 N–H and O–H groups in total. The van der Waals surface area contributed by atoms with Gasteiger partial charge in [-0.3, -0.25) is 9.59 Å². The minimum Gasteiger partial charge on any atom is -0.486 e. The maximum absolute atomic E-state index is 12.3. The van der Waals surface area contributed by atoms with E-state index in [0.29, 0.717) is 24.7 Å². The highest BCUT2D eigenvalue weighted by Gasteiger charge is 2.19. The number of anilines is 1. The molecule has 2 aromatic rings. The Morgan fingerprint density at radius 1 is 1.03 bits per heavy atom. The molecular weight excluding hydrogens is 388 g/mol. The molecule has 0 radical (unpaired) electrons. The zero-order valence-electron chi connectivity index (χ0n) is 17.2. The van der Waals surface area contributed by atoms with Gasteiger partial charge in [-0.15, -0.1) is 0 Å². The maximum Gasteiger partial charge on any atom is 0.338 e. The first-order chi connectivity index (χ1) is 14.3. The first-order valence-electron chi connectivity index (χ1n) is 9.52. The van der Waals surface area contributed by atoms with E-state index in [4.69, 9.17) is 14.2 Å². The lowest BCUT2D eigenvalue weighted by atomic mass is 10.1. The summed E-state index contributed by atoms with van der Waals surface area (Å²) in [6.07, 6.45) is 0. The third kappa shape index (κ3) is 5.08. The van der Waals surface area contributed by atoms with Crippen molar-refractivity contribution in [3.8, 4) is 11.5 Å². The Morgan fingerprint density at radius 3 is 2.40 bits per heavy atom. The molecule has 0 spiro atoms. The fourth-order valence-corrected chi connectivity index (χ4v) is 2.99. The molecule has 1 heterocycles. The summed E-state index contributed by atoms with van der Waals surface area (Å²) in [5.41, 5.74) is 2.85. The van der Waals surface area contributed by atoms with Gasteiger partial charge in [0, 0.05) is 12.7 Å². The fraction of sp³-hybridized carbons (Fsp3) is 0.318. The van der Waals surface area contributed by atoms with Gasteiger partial charge in [0.05, 0.1) is 12.1 Å².